The van der Waals surface area contributed by atoms with Crippen LogP contribution in [0, 0.1) is 0 Å². The molecular formula is C17H24N2OS. The van der Waals surface area contributed by atoms with E-state index in [1.807, 2.05) is 13.8 Å². The predicted octanol–water partition coefficient (Wildman–Crippen LogP) is 4.74. The minimum Gasteiger partial charge on any atom is -0.494 e. The molecule has 1 aromatic heterocycles. The quantitative estimate of drug-likeness (QED) is 0.838. The molecule has 0 saturated carbocycles. The molecule has 0 amide bonds. The second kappa shape index (κ2) is 7.05. The number of benzene rings is 1. The molecule has 3 nitrogen and oxygen atoms in total. The standard InChI is InChI=1S/C17H24N2OS/c1-5-11(3)14-9-13(7-8-16(14)20-6-2)15-10-21-17(19-15)12(4)18/h7-12H,5-6,18H2,1-4H3. The van der Waals surface area contributed by atoms with Gasteiger partial charge in [0, 0.05) is 10.9 Å². The Balaban J connectivity index is 2.40. The monoisotopic (exact) mass is 304 g/mol. The maximum Gasteiger partial charge on any atom is 0.122 e. The molecule has 0 radical (unpaired) electrons. The fourth-order valence-electron chi connectivity index (χ4n) is 2.23. The number of aromatic nitrogens is 1. The van der Waals surface area contributed by atoms with Gasteiger partial charge in [-0.2, -0.15) is 0 Å². The van der Waals surface area contributed by atoms with Crippen molar-refractivity contribution in [1.82, 2.24) is 4.98 Å². The van der Waals surface area contributed by atoms with E-state index in [1.54, 1.807) is 11.3 Å². The van der Waals surface area contributed by atoms with Crippen molar-refractivity contribution >= 4 is 11.3 Å². The molecule has 2 unspecified atom stereocenters. The van der Waals surface area contributed by atoms with E-state index in [1.165, 1.54) is 5.56 Å². The molecule has 2 N–H and O–H groups in total. The van der Waals surface area contributed by atoms with Crippen LogP contribution in [0.15, 0.2) is 23.6 Å². The van der Waals surface area contributed by atoms with E-state index < -0.39 is 0 Å². The highest BCUT2D eigenvalue weighted by molar-refractivity contribution is 7.10. The second-order valence-electron chi connectivity index (χ2n) is 5.35. The topological polar surface area (TPSA) is 48.1 Å². The lowest BCUT2D eigenvalue weighted by molar-refractivity contribution is 0.334. The van der Waals surface area contributed by atoms with Gasteiger partial charge in [-0.05, 0) is 49.9 Å². The van der Waals surface area contributed by atoms with E-state index in [2.05, 4.69) is 42.4 Å². The minimum absolute atomic E-state index is 0.0134. The summed E-state index contributed by atoms with van der Waals surface area (Å²) >= 11 is 1.62. The molecule has 0 aliphatic carbocycles. The van der Waals surface area contributed by atoms with Gasteiger partial charge in [0.05, 0.1) is 18.3 Å². The first-order chi connectivity index (χ1) is 10.1. The van der Waals surface area contributed by atoms with Crippen LogP contribution < -0.4 is 10.5 Å². The Morgan fingerprint density at radius 1 is 1.29 bits per heavy atom. The Labute approximate surface area is 131 Å². The highest BCUT2D eigenvalue weighted by Gasteiger charge is 2.14. The zero-order valence-corrected chi connectivity index (χ0v) is 14.0. The highest BCUT2D eigenvalue weighted by Crippen LogP contribution is 2.34. The van der Waals surface area contributed by atoms with Crippen LogP contribution >= 0.6 is 11.3 Å². The third-order valence-electron chi connectivity index (χ3n) is 3.66. The van der Waals surface area contributed by atoms with Gasteiger partial charge < -0.3 is 10.5 Å². The molecule has 0 spiro atoms. The van der Waals surface area contributed by atoms with Gasteiger partial charge in [-0.15, -0.1) is 11.3 Å². The van der Waals surface area contributed by atoms with Crippen molar-refractivity contribution in [2.75, 3.05) is 6.61 Å². The smallest absolute Gasteiger partial charge is 0.122 e. The first-order valence-electron chi connectivity index (χ1n) is 7.54. The van der Waals surface area contributed by atoms with Crippen LogP contribution in [0.4, 0.5) is 0 Å². The number of nitrogens with two attached hydrogens (primary N) is 1. The normalized spacial score (nSPS) is 14.0. The lowest BCUT2D eigenvalue weighted by Gasteiger charge is -2.16. The van der Waals surface area contributed by atoms with Gasteiger partial charge in [0.1, 0.15) is 10.8 Å². The molecule has 0 saturated heterocycles. The Kier molecular flexibility index (Phi) is 5.37. The van der Waals surface area contributed by atoms with E-state index >= 15 is 0 Å². The third-order valence-corrected chi connectivity index (χ3v) is 4.71. The predicted molar refractivity (Wildman–Crippen MR) is 90.0 cm³/mol. The molecule has 4 heteroatoms. The van der Waals surface area contributed by atoms with Crippen molar-refractivity contribution in [3.05, 3.63) is 34.2 Å². The zero-order chi connectivity index (χ0) is 15.4. The molecule has 0 bridgehead atoms. The Bertz CT molecular complexity index is 592. The molecule has 114 valence electrons. The molecule has 0 aliphatic heterocycles. The van der Waals surface area contributed by atoms with E-state index in [0.717, 1.165) is 28.4 Å². The number of hydrogen-bond acceptors (Lipinski definition) is 4. The van der Waals surface area contributed by atoms with Crippen molar-refractivity contribution < 1.29 is 4.74 Å². The average Bonchev–Trinajstić information content (AvgIpc) is 2.97. The Morgan fingerprint density at radius 3 is 2.62 bits per heavy atom. The van der Waals surface area contributed by atoms with Gasteiger partial charge in [0.2, 0.25) is 0 Å². The molecule has 1 heterocycles. The molecule has 2 rings (SSSR count). The summed E-state index contributed by atoms with van der Waals surface area (Å²) in [6, 6.07) is 6.34. The third kappa shape index (κ3) is 3.63. The molecule has 1 aromatic carbocycles. The number of nitrogens with zero attached hydrogens (tertiary/aromatic N) is 1. The van der Waals surface area contributed by atoms with Crippen molar-refractivity contribution in [2.24, 2.45) is 5.73 Å². The summed E-state index contributed by atoms with van der Waals surface area (Å²) in [5.41, 5.74) is 9.29. The van der Waals surface area contributed by atoms with Crippen molar-refractivity contribution in [3.63, 3.8) is 0 Å². The number of ether oxygens (including phenoxy) is 1. The van der Waals surface area contributed by atoms with Crippen molar-refractivity contribution in [1.29, 1.82) is 0 Å². The molecule has 21 heavy (non-hydrogen) atoms. The fraction of sp³-hybridized carbons (Fsp3) is 0.471. The summed E-state index contributed by atoms with van der Waals surface area (Å²) in [5.74, 6) is 1.45. The van der Waals surface area contributed by atoms with Crippen molar-refractivity contribution in [2.45, 2.75) is 46.1 Å². The summed E-state index contributed by atoms with van der Waals surface area (Å²) in [6.07, 6.45) is 1.09. The van der Waals surface area contributed by atoms with Gasteiger partial charge >= 0.3 is 0 Å². The maximum atomic E-state index is 5.90. The first-order valence-corrected chi connectivity index (χ1v) is 8.42. The summed E-state index contributed by atoms with van der Waals surface area (Å²) in [5, 5.41) is 3.05. The van der Waals surface area contributed by atoms with Crippen LogP contribution in [0.25, 0.3) is 11.3 Å². The minimum atomic E-state index is -0.0134. The number of hydrogen-bond donors (Lipinski definition) is 1. The summed E-state index contributed by atoms with van der Waals surface area (Å²) in [6.45, 7) is 9.10. The SMILES string of the molecule is CCOc1ccc(-c2csc(C(C)N)n2)cc1C(C)CC. The second-order valence-corrected chi connectivity index (χ2v) is 6.24. The first kappa shape index (κ1) is 16.0. The highest BCUT2D eigenvalue weighted by atomic mass is 32.1. The Morgan fingerprint density at radius 2 is 2.05 bits per heavy atom. The zero-order valence-electron chi connectivity index (χ0n) is 13.2. The molecule has 0 fully saturated rings. The lowest BCUT2D eigenvalue weighted by Crippen LogP contribution is -2.04. The van der Waals surface area contributed by atoms with Crippen LogP contribution in [0.3, 0.4) is 0 Å². The summed E-state index contributed by atoms with van der Waals surface area (Å²) in [7, 11) is 0. The molecule has 2 atom stereocenters. The van der Waals surface area contributed by atoms with Crippen molar-refractivity contribution in [3.8, 4) is 17.0 Å². The van der Waals surface area contributed by atoms with Gasteiger partial charge in [0.15, 0.2) is 0 Å². The summed E-state index contributed by atoms with van der Waals surface area (Å²) in [4.78, 5) is 4.63. The van der Waals surface area contributed by atoms with E-state index in [4.69, 9.17) is 10.5 Å². The average molecular weight is 304 g/mol. The lowest BCUT2D eigenvalue weighted by atomic mass is 9.95. The molecule has 2 aromatic rings. The van der Waals surface area contributed by atoms with E-state index in [-0.39, 0.29) is 6.04 Å². The maximum absolute atomic E-state index is 5.90. The largest absolute Gasteiger partial charge is 0.494 e. The van der Waals surface area contributed by atoms with Gasteiger partial charge in [-0.1, -0.05) is 13.8 Å². The number of rotatable bonds is 6. The fourth-order valence-corrected chi connectivity index (χ4v) is 3.02. The van der Waals surface area contributed by atoms with Gasteiger partial charge in [-0.25, -0.2) is 4.98 Å². The van der Waals surface area contributed by atoms with Crippen LogP contribution in [0.1, 0.15) is 56.6 Å². The van der Waals surface area contributed by atoms with Gasteiger partial charge in [0.25, 0.3) is 0 Å². The van der Waals surface area contributed by atoms with Crippen LogP contribution in [0.5, 0.6) is 5.75 Å². The van der Waals surface area contributed by atoms with Crippen LogP contribution in [-0.4, -0.2) is 11.6 Å². The van der Waals surface area contributed by atoms with E-state index in [0.29, 0.717) is 12.5 Å². The van der Waals surface area contributed by atoms with Crippen LogP contribution in [-0.2, 0) is 0 Å². The molecular weight excluding hydrogens is 280 g/mol. The number of thiazole rings is 1. The Hall–Kier alpha value is -1.39. The molecule has 0 aliphatic rings. The van der Waals surface area contributed by atoms with E-state index in [9.17, 15) is 0 Å². The summed E-state index contributed by atoms with van der Waals surface area (Å²) < 4.78 is 5.76. The van der Waals surface area contributed by atoms with Gasteiger partial charge in [-0.3, -0.25) is 0 Å². The van der Waals surface area contributed by atoms with Crippen LogP contribution in [0.2, 0.25) is 0 Å².